The van der Waals surface area contributed by atoms with Gasteiger partial charge in [-0.2, -0.15) is 0 Å². The monoisotopic (exact) mass is 298 g/mol. The maximum atomic E-state index is 4.15. The topological polar surface area (TPSA) is 25.8 Å². The Hall–Kier alpha value is -2.74. The van der Waals surface area contributed by atoms with Gasteiger partial charge in [0.1, 0.15) is 0 Å². The van der Waals surface area contributed by atoms with Gasteiger partial charge in [0.05, 0.1) is 0 Å². The predicted octanol–water partition coefficient (Wildman–Crippen LogP) is 4.24. The zero-order chi connectivity index (χ0) is 15.5. The van der Waals surface area contributed by atoms with Gasteiger partial charge in [-0.1, -0.05) is 36.5 Å². The third-order valence-corrected chi connectivity index (χ3v) is 4.61. The van der Waals surface area contributed by atoms with Gasteiger partial charge in [-0.15, -0.1) is 0 Å². The summed E-state index contributed by atoms with van der Waals surface area (Å²) in [5.74, 6) is 0. The van der Waals surface area contributed by atoms with Gasteiger partial charge < -0.3 is 0 Å². The Morgan fingerprint density at radius 1 is 0.739 bits per heavy atom. The Morgan fingerprint density at radius 2 is 1.35 bits per heavy atom. The summed E-state index contributed by atoms with van der Waals surface area (Å²) in [4.78, 5) is 8.29. The molecule has 0 bridgehead atoms. The van der Waals surface area contributed by atoms with E-state index in [2.05, 4.69) is 70.7 Å². The molecule has 2 aliphatic rings. The van der Waals surface area contributed by atoms with E-state index in [0.717, 1.165) is 12.8 Å². The number of rotatable bonds is 4. The Bertz CT molecular complexity index is 770. The van der Waals surface area contributed by atoms with Crippen LogP contribution in [0.1, 0.15) is 11.1 Å². The molecule has 4 rings (SSSR count). The first-order valence-corrected chi connectivity index (χ1v) is 7.92. The standard InChI is InChI=1S/C21H18N2/c1-3-19-4-2-10-21(20(19)5-1,15-17-6-11-22-12-7-17)16-18-8-13-23-14-9-18/h1-14H,15-16H2. The number of nitrogens with zero attached hydrogens (tertiary/aromatic N) is 2. The summed E-state index contributed by atoms with van der Waals surface area (Å²) in [6.07, 6.45) is 22.8. The highest BCUT2D eigenvalue weighted by Crippen LogP contribution is 2.45. The van der Waals surface area contributed by atoms with Crippen LogP contribution in [0.2, 0.25) is 0 Å². The Kier molecular flexibility index (Phi) is 3.51. The molecule has 0 aromatic carbocycles. The summed E-state index contributed by atoms with van der Waals surface area (Å²) >= 11 is 0. The maximum absolute atomic E-state index is 4.15. The molecule has 0 spiro atoms. The molecule has 0 atom stereocenters. The van der Waals surface area contributed by atoms with E-state index in [9.17, 15) is 0 Å². The SMILES string of the molecule is C1=CC2=CC=CC(Cc3ccncc3)(Cc3ccncc3)C2=C1. The fourth-order valence-electron chi connectivity index (χ4n) is 3.56. The minimum atomic E-state index is -0.0176. The number of hydrogen-bond donors (Lipinski definition) is 0. The molecule has 0 amide bonds. The van der Waals surface area contributed by atoms with Crippen LogP contribution >= 0.6 is 0 Å². The van der Waals surface area contributed by atoms with Crippen LogP contribution in [-0.2, 0) is 12.8 Å². The first kappa shape index (κ1) is 13.9. The molecule has 2 heterocycles. The van der Waals surface area contributed by atoms with E-state index in [-0.39, 0.29) is 5.41 Å². The summed E-state index contributed by atoms with van der Waals surface area (Å²) in [5.41, 5.74) is 5.35. The summed E-state index contributed by atoms with van der Waals surface area (Å²) in [6, 6.07) is 8.46. The highest BCUT2D eigenvalue weighted by Gasteiger charge is 2.35. The average Bonchev–Trinajstić information content (AvgIpc) is 3.07. The molecule has 0 unspecified atom stereocenters. The zero-order valence-corrected chi connectivity index (χ0v) is 12.9. The fourth-order valence-corrected chi connectivity index (χ4v) is 3.56. The van der Waals surface area contributed by atoms with Crippen LogP contribution in [0.25, 0.3) is 0 Å². The van der Waals surface area contributed by atoms with Gasteiger partial charge in [0.25, 0.3) is 0 Å². The van der Waals surface area contributed by atoms with Crippen molar-refractivity contribution < 1.29 is 0 Å². The largest absolute Gasteiger partial charge is 0.265 e. The lowest BCUT2D eigenvalue weighted by molar-refractivity contribution is 0.457. The average molecular weight is 298 g/mol. The van der Waals surface area contributed by atoms with E-state index in [1.54, 1.807) is 0 Å². The molecule has 2 aromatic rings. The fraction of sp³-hybridized carbons (Fsp3) is 0.143. The van der Waals surface area contributed by atoms with Crippen molar-refractivity contribution in [2.75, 3.05) is 0 Å². The Morgan fingerprint density at radius 3 is 1.96 bits per heavy atom. The van der Waals surface area contributed by atoms with E-state index < -0.39 is 0 Å². The van der Waals surface area contributed by atoms with Crippen molar-refractivity contribution in [1.82, 2.24) is 9.97 Å². The molecule has 2 heteroatoms. The van der Waals surface area contributed by atoms with Crippen LogP contribution < -0.4 is 0 Å². The minimum absolute atomic E-state index is 0.0176. The van der Waals surface area contributed by atoms with Crippen LogP contribution in [-0.4, -0.2) is 9.97 Å². The second-order valence-corrected chi connectivity index (χ2v) is 6.14. The lowest BCUT2D eigenvalue weighted by Crippen LogP contribution is -2.28. The number of aromatic nitrogens is 2. The van der Waals surface area contributed by atoms with Gasteiger partial charge in [0.15, 0.2) is 0 Å². The van der Waals surface area contributed by atoms with Gasteiger partial charge in [0, 0.05) is 30.2 Å². The van der Waals surface area contributed by atoms with Crippen LogP contribution in [0, 0.1) is 5.41 Å². The van der Waals surface area contributed by atoms with E-state index >= 15 is 0 Å². The maximum Gasteiger partial charge on any atom is 0.0270 e. The molecule has 23 heavy (non-hydrogen) atoms. The molecule has 112 valence electrons. The molecule has 0 saturated heterocycles. The van der Waals surface area contributed by atoms with E-state index in [4.69, 9.17) is 0 Å². The first-order chi connectivity index (χ1) is 11.4. The molecule has 2 aliphatic carbocycles. The molecular formula is C21H18N2. The molecule has 0 saturated carbocycles. The lowest BCUT2D eigenvalue weighted by Gasteiger charge is -2.35. The zero-order valence-electron chi connectivity index (χ0n) is 12.9. The Labute approximate surface area is 136 Å². The molecule has 0 N–H and O–H groups in total. The van der Waals surface area contributed by atoms with Gasteiger partial charge in [0.2, 0.25) is 0 Å². The van der Waals surface area contributed by atoms with Crippen LogP contribution in [0.5, 0.6) is 0 Å². The third kappa shape index (κ3) is 2.68. The summed E-state index contributed by atoms with van der Waals surface area (Å²) in [6.45, 7) is 0. The van der Waals surface area contributed by atoms with Crippen molar-refractivity contribution in [3.05, 3.63) is 108 Å². The summed E-state index contributed by atoms with van der Waals surface area (Å²) in [5, 5.41) is 0. The molecule has 2 nitrogen and oxygen atoms in total. The number of pyridine rings is 2. The highest BCUT2D eigenvalue weighted by molar-refractivity contribution is 5.58. The normalized spacial score (nSPS) is 17.6. The molecule has 2 aromatic heterocycles. The van der Waals surface area contributed by atoms with Crippen molar-refractivity contribution in [3.63, 3.8) is 0 Å². The van der Waals surface area contributed by atoms with Crippen molar-refractivity contribution >= 4 is 0 Å². The van der Waals surface area contributed by atoms with E-state index in [0.29, 0.717) is 0 Å². The van der Waals surface area contributed by atoms with Gasteiger partial charge in [-0.3, -0.25) is 9.97 Å². The predicted molar refractivity (Wildman–Crippen MR) is 92.8 cm³/mol. The smallest absolute Gasteiger partial charge is 0.0270 e. The highest BCUT2D eigenvalue weighted by atomic mass is 14.6. The van der Waals surface area contributed by atoms with Gasteiger partial charge in [-0.25, -0.2) is 0 Å². The van der Waals surface area contributed by atoms with Crippen molar-refractivity contribution in [2.24, 2.45) is 5.41 Å². The van der Waals surface area contributed by atoms with Gasteiger partial charge in [-0.05, 0) is 59.4 Å². The van der Waals surface area contributed by atoms with Gasteiger partial charge >= 0.3 is 0 Å². The third-order valence-electron chi connectivity index (χ3n) is 4.61. The van der Waals surface area contributed by atoms with Crippen LogP contribution in [0.3, 0.4) is 0 Å². The molecule has 0 radical (unpaired) electrons. The van der Waals surface area contributed by atoms with Crippen molar-refractivity contribution in [3.8, 4) is 0 Å². The lowest BCUT2D eigenvalue weighted by atomic mass is 9.67. The summed E-state index contributed by atoms with van der Waals surface area (Å²) in [7, 11) is 0. The van der Waals surface area contributed by atoms with E-state index in [1.807, 2.05) is 24.8 Å². The van der Waals surface area contributed by atoms with E-state index in [1.165, 1.54) is 22.3 Å². The molecule has 0 aliphatic heterocycles. The molecule has 0 fully saturated rings. The quantitative estimate of drug-likeness (QED) is 0.843. The number of hydrogen-bond acceptors (Lipinski definition) is 2. The Balaban J connectivity index is 1.75. The summed E-state index contributed by atoms with van der Waals surface area (Å²) < 4.78 is 0. The molecular weight excluding hydrogens is 280 g/mol. The number of fused-ring (bicyclic) bond motifs is 1. The number of allylic oxidation sites excluding steroid dienone is 8. The second-order valence-electron chi connectivity index (χ2n) is 6.14. The van der Waals surface area contributed by atoms with Crippen molar-refractivity contribution in [2.45, 2.75) is 12.8 Å². The van der Waals surface area contributed by atoms with Crippen LogP contribution in [0.4, 0.5) is 0 Å². The van der Waals surface area contributed by atoms with Crippen molar-refractivity contribution in [1.29, 1.82) is 0 Å². The first-order valence-electron chi connectivity index (χ1n) is 7.92. The minimum Gasteiger partial charge on any atom is -0.265 e. The van der Waals surface area contributed by atoms with Crippen LogP contribution in [0.15, 0.2) is 96.7 Å². The second kappa shape index (κ2) is 5.81.